The fourth-order valence-corrected chi connectivity index (χ4v) is 4.31. The molecule has 5 heteroatoms. The van der Waals surface area contributed by atoms with Crippen molar-refractivity contribution in [2.75, 3.05) is 0 Å². The second-order valence-corrected chi connectivity index (χ2v) is 8.41. The third-order valence-corrected chi connectivity index (χ3v) is 6.43. The summed E-state index contributed by atoms with van der Waals surface area (Å²) in [4.78, 5) is 0.357. The number of hydrogen-bond acceptors (Lipinski definition) is 2. The Balaban J connectivity index is 2.12. The summed E-state index contributed by atoms with van der Waals surface area (Å²) in [6, 6.07) is 5.23. The van der Waals surface area contributed by atoms with Crippen molar-refractivity contribution >= 4 is 26.0 Å². The molecule has 1 aliphatic carbocycles. The fraction of sp³-hybridized carbons (Fsp3) is 0.600. The van der Waals surface area contributed by atoms with Gasteiger partial charge in [0, 0.05) is 10.5 Å². The predicted molar refractivity (Wildman–Crippen MR) is 85.2 cm³/mol. The lowest BCUT2D eigenvalue weighted by molar-refractivity contribution is 0.484. The van der Waals surface area contributed by atoms with E-state index < -0.39 is 10.0 Å². The zero-order valence-corrected chi connectivity index (χ0v) is 14.4. The molecule has 1 saturated carbocycles. The van der Waals surface area contributed by atoms with Gasteiger partial charge in [-0.2, -0.15) is 0 Å². The van der Waals surface area contributed by atoms with Gasteiger partial charge in [-0.25, -0.2) is 13.1 Å². The predicted octanol–water partition coefficient (Wildman–Crippen LogP) is 4.00. The molecule has 0 heterocycles. The molecule has 0 radical (unpaired) electrons. The number of aryl methyl sites for hydroxylation is 1. The summed E-state index contributed by atoms with van der Waals surface area (Å²) in [5.41, 5.74) is 0.933. The Kier molecular flexibility index (Phi) is 5.26. The lowest BCUT2D eigenvalue weighted by Crippen LogP contribution is -2.34. The largest absolute Gasteiger partial charge is 0.240 e. The summed E-state index contributed by atoms with van der Waals surface area (Å²) in [6.45, 7) is 4.14. The van der Waals surface area contributed by atoms with Gasteiger partial charge in [-0.05, 0) is 55.9 Å². The summed E-state index contributed by atoms with van der Waals surface area (Å²) < 4.78 is 28.7. The molecule has 1 fully saturated rings. The normalized spacial score (nSPS) is 24.4. The van der Waals surface area contributed by atoms with Gasteiger partial charge in [0.1, 0.15) is 0 Å². The first-order valence-corrected chi connectivity index (χ1v) is 9.44. The molecule has 0 spiro atoms. The maximum atomic E-state index is 12.4. The van der Waals surface area contributed by atoms with Gasteiger partial charge in [0.05, 0.1) is 4.90 Å². The Morgan fingerprint density at radius 3 is 2.65 bits per heavy atom. The maximum absolute atomic E-state index is 12.4. The van der Waals surface area contributed by atoms with E-state index in [0.717, 1.165) is 35.7 Å². The molecule has 0 amide bonds. The molecule has 20 heavy (non-hydrogen) atoms. The lowest BCUT2D eigenvalue weighted by atomic mass is 10.0. The summed E-state index contributed by atoms with van der Waals surface area (Å²) in [5, 5.41) is 0. The second kappa shape index (κ2) is 6.58. The van der Waals surface area contributed by atoms with Crippen molar-refractivity contribution in [3.63, 3.8) is 0 Å². The first-order chi connectivity index (χ1) is 9.38. The van der Waals surface area contributed by atoms with Crippen molar-refractivity contribution < 1.29 is 8.42 Å². The number of benzene rings is 1. The highest BCUT2D eigenvalue weighted by atomic mass is 79.9. The third kappa shape index (κ3) is 4.06. The van der Waals surface area contributed by atoms with Crippen LogP contribution in [-0.2, 0) is 10.0 Å². The molecular formula is C15H22BrNO2S. The van der Waals surface area contributed by atoms with Crippen LogP contribution in [0.2, 0.25) is 0 Å². The van der Waals surface area contributed by atoms with Crippen LogP contribution in [0.25, 0.3) is 0 Å². The third-order valence-electron chi connectivity index (χ3n) is 4.02. The van der Waals surface area contributed by atoms with Gasteiger partial charge < -0.3 is 0 Å². The van der Waals surface area contributed by atoms with Crippen molar-refractivity contribution in [3.8, 4) is 0 Å². The average molecular weight is 360 g/mol. The molecule has 112 valence electrons. The van der Waals surface area contributed by atoms with Gasteiger partial charge in [0.15, 0.2) is 0 Å². The van der Waals surface area contributed by atoms with E-state index in [1.54, 1.807) is 18.2 Å². The highest BCUT2D eigenvalue weighted by Crippen LogP contribution is 2.25. The molecule has 2 unspecified atom stereocenters. The average Bonchev–Trinajstić information content (AvgIpc) is 2.57. The molecule has 1 aliphatic rings. The van der Waals surface area contributed by atoms with Gasteiger partial charge in [-0.1, -0.05) is 35.7 Å². The zero-order chi connectivity index (χ0) is 14.8. The summed E-state index contributed by atoms with van der Waals surface area (Å²) in [7, 11) is -3.40. The molecule has 1 N–H and O–H groups in total. The van der Waals surface area contributed by atoms with Crippen LogP contribution in [0.5, 0.6) is 0 Å². The maximum Gasteiger partial charge on any atom is 0.240 e. The van der Waals surface area contributed by atoms with Crippen molar-refractivity contribution in [3.05, 3.63) is 28.2 Å². The van der Waals surface area contributed by atoms with Crippen LogP contribution < -0.4 is 4.72 Å². The van der Waals surface area contributed by atoms with Gasteiger partial charge in [0.25, 0.3) is 0 Å². The van der Waals surface area contributed by atoms with Crippen molar-refractivity contribution in [2.45, 2.75) is 56.9 Å². The molecule has 0 aliphatic heterocycles. The van der Waals surface area contributed by atoms with Gasteiger partial charge >= 0.3 is 0 Å². The number of hydrogen-bond donors (Lipinski definition) is 1. The van der Waals surface area contributed by atoms with E-state index in [9.17, 15) is 8.42 Å². The molecule has 2 atom stereocenters. The first-order valence-electron chi connectivity index (χ1n) is 7.17. The van der Waals surface area contributed by atoms with Crippen LogP contribution in [0.3, 0.4) is 0 Å². The molecule has 3 nitrogen and oxygen atoms in total. The van der Waals surface area contributed by atoms with Crippen LogP contribution in [0.4, 0.5) is 0 Å². The van der Waals surface area contributed by atoms with E-state index in [2.05, 4.69) is 27.6 Å². The molecule has 2 rings (SSSR count). The number of rotatable bonds is 3. The number of sulfonamides is 1. The van der Waals surface area contributed by atoms with E-state index in [1.165, 1.54) is 6.42 Å². The van der Waals surface area contributed by atoms with E-state index in [0.29, 0.717) is 10.8 Å². The first kappa shape index (κ1) is 16.0. The highest BCUT2D eigenvalue weighted by Gasteiger charge is 2.23. The minimum Gasteiger partial charge on any atom is -0.208 e. The smallest absolute Gasteiger partial charge is 0.208 e. The van der Waals surface area contributed by atoms with Crippen molar-refractivity contribution in [2.24, 2.45) is 5.92 Å². The fourth-order valence-electron chi connectivity index (χ4n) is 2.68. The standard InChI is InChI=1S/C15H22BrNO2S/c1-11-4-3-5-13(7-6-11)17-20(18,19)14-8-9-15(16)12(2)10-14/h8-11,13,17H,3-7H2,1-2H3. The minimum absolute atomic E-state index is 0.0777. The van der Waals surface area contributed by atoms with E-state index in [-0.39, 0.29) is 6.04 Å². The van der Waals surface area contributed by atoms with E-state index in [1.807, 2.05) is 6.92 Å². The Hall–Kier alpha value is -0.390. The molecule has 1 aromatic carbocycles. The van der Waals surface area contributed by atoms with E-state index in [4.69, 9.17) is 0 Å². The highest BCUT2D eigenvalue weighted by molar-refractivity contribution is 9.10. The van der Waals surface area contributed by atoms with Crippen LogP contribution in [0.15, 0.2) is 27.6 Å². The van der Waals surface area contributed by atoms with Gasteiger partial charge in [0.2, 0.25) is 10.0 Å². The molecular weight excluding hydrogens is 338 g/mol. The summed E-state index contributed by atoms with van der Waals surface area (Å²) in [6.07, 6.45) is 5.30. The quantitative estimate of drug-likeness (QED) is 0.828. The Bertz CT molecular complexity index is 571. The number of halogens is 1. The van der Waals surface area contributed by atoms with E-state index >= 15 is 0 Å². The Morgan fingerprint density at radius 2 is 1.95 bits per heavy atom. The molecule has 0 aromatic heterocycles. The van der Waals surface area contributed by atoms with Crippen LogP contribution in [0.1, 0.15) is 44.6 Å². The van der Waals surface area contributed by atoms with Crippen LogP contribution >= 0.6 is 15.9 Å². The van der Waals surface area contributed by atoms with Crippen molar-refractivity contribution in [1.82, 2.24) is 4.72 Å². The van der Waals surface area contributed by atoms with Crippen LogP contribution in [0, 0.1) is 12.8 Å². The summed E-state index contributed by atoms with van der Waals surface area (Å²) in [5.74, 6) is 0.708. The zero-order valence-electron chi connectivity index (χ0n) is 12.0. The van der Waals surface area contributed by atoms with Crippen LogP contribution in [-0.4, -0.2) is 14.5 Å². The summed E-state index contributed by atoms with van der Waals surface area (Å²) >= 11 is 3.40. The molecule has 0 saturated heterocycles. The molecule has 0 bridgehead atoms. The van der Waals surface area contributed by atoms with Crippen molar-refractivity contribution in [1.29, 1.82) is 0 Å². The van der Waals surface area contributed by atoms with Gasteiger partial charge in [-0.3, -0.25) is 0 Å². The Morgan fingerprint density at radius 1 is 1.20 bits per heavy atom. The monoisotopic (exact) mass is 359 g/mol. The van der Waals surface area contributed by atoms with Gasteiger partial charge in [-0.15, -0.1) is 0 Å². The Labute approximate surface area is 130 Å². The number of nitrogens with one attached hydrogen (secondary N) is 1. The lowest BCUT2D eigenvalue weighted by Gasteiger charge is -2.17. The second-order valence-electron chi connectivity index (χ2n) is 5.84. The SMILES string of the molecule is Cc1cc(S(=O)(=O)NC2CCCC(C)CC2)ccc1Br. The topological polar surface area (TPSA) is 46.2 Å². The molecule has 1 aromatic rings. The minimum atomic E-state index is -3.40.